The zero-order chi connectivity index (χ0) is 14.8. The Morgan fingerprint density at radius 1 is 1.00 bits per heavy atom. The van der Waals surface area contributed by atoms with E-state index in [0.717, 1.165) is 11.1 Å². The van der Waals surface area contributed by atoms with Crippen LogP contribution in [0.4, 0.5) is 0 Å². The van der Waals surface area contributed by atoms with Gasteiger partial charge in [0.05, 0.1) is 27.4 Å². The van der Waals surface area contributed by atoms with E-state index in [1.165, 1.54) is 5.56 Å². The third-order valence-electron chi connectivity index (χ3n) is 3.79. The first-order valence-corrected chi connectivity index (χ1v) is 6.82. The maximum absolute atomic E-state index is 10.7. The first kappa shape index (κ1) is 13.9. The van der Waals surface area contributed by atoms with Gasteiger partial charge in [0, 0.05) is 5.56 Å². The van der Waals surface area contributed by atoms with Gasteiger partial charge in [-0.15, -0.1) is 0 Å². The summed E-state index contributed by atoms with van der Waals surface area (Å²) in [6, 6.07) is 11.3. The van der Waals surface area contributed by atoms with Crippen LogP contribution in [0, 0.1) is 0 Å². The second-order valence-electron chi connectivity index (χ2n) is 5.03. The lowest BCUT2D eigenvalue weighted by Crippen LogP contribution is -2.04. The summed E-state index contributed by atoms with van der Waals surface area (Å²) in [6.07, 6.45) is -0.763. The highest BCUT2D eigenvalue weighted by atomic mass is 16.5. The molecule has 1 heterocycles. The molecule has 0 fully saturated rings. The number of aliphatic hydroxyl groups excluding tert-OH is 1. The first-order valence-electron chi connectivity index (χ1n) is 6.82. The van der Waals surface area contributed by atoms with Gasteiger partial charge in [-0.3, -0.25) is 0 Å². The highest BCUT2D eigenvalue weighted by molar-refractivity contribution is 5.46. The second-order valence-corrected chi connectivity index (χ2v) is 5.03. The lowest BCUT2D eigenvalue weighted by Gasteiger charge is -2.17. The van der Waals surface area contributed by atoms with Crippen LogP contribution in [0.15, 0.2) is 36.4 Å². The molecule has 1 N–H and O–H groups in total. The molecule has 0 amide bonds. The molecular formula is C17H18O4. The van der Waals surface area contributed by atoms with E-state index >= 15 is 0 Å². The number of hydrogen-bond donors (Lipinski definition) is 1. The van der Waals surface area contributed by atoms with Gasteiger partial charge in [0.15, 0.2) is 0 Å². The van der Waals surface area contributed by atoms with Crippen LogP contribution < -0.4 is 9.47 Å². The molecule has 1 aliphatic heterocycles. The molecule has 4 nitrogen and oxygen atoms in total. The van der Waals surface area contributed by atoms with Crippen LogP contribution in [-0.2, 0) is 18.0 Å². The molecule has 0 saturated carbocycles. The third-order valence-corrected chi connectivity index (χ3v) is 3.79. The van der Waals surface area contributed by atoms with Crippen LogP contribution in [0.3, 0.4) is 0 Å². The molecule has 0 aliphatic carbocycles. The van der Waals surface area contributed by atoms with Gasteiger partial charge in [-0.2, -0.15) is 0 Å². The van der Waals surface area contributed by atoms with Crippen molar-refractivity contribution in [3.05, 3.63) is 58.7 Å². The molecule has 0 spiro atoms. The van der Waals surface area contributed by atoms with Crippen molar-refractivity contribution < 1.29 is 19.3 Å². The standard InChI is InChI=1S/C17H18O4/c1-19-14-5-6-16(20-2)15(8-14)17(18)11-3-4-12-9-21-10-13(12)7-11/h3-8,17-18H,9-10H2,1-2H3. The van der Waals surface area contributed by atoms with Crippen LogP contribution in [0.25, 0.3) is 0 Å². The maximum atomic E-state index is 10.7. The Hall–Kier alpha value is -2.04. The molecule has 0 radical (unpaired) electrons. The Morgan fingerprint density at radius 2 is 1.81 bits per heavy atom. The average Bonchev–Trinajstić information content (AvgIpc) is 3.01. The Morgan fingerprint density at radius 3 is 2.57 bits per heavy atom. The highest BCUT2D eigenvalue weighted by Gasteiger charge is 2.19. The molecule has 0 aromatic heterocycles. The molecule has 2 aromatic rings. The number of aliphatic hydroxyl groups is 1. The van der Waals surface area contributed by atoms with Crippen LogP contribution in [0.2, 0.25) is 0 Å². The molecule has 1 unspecified atom stereocenters. The summed E-state index contributed by atoms with van der Waals surface area (Å²) in [5.41, 5.74) is 3.83. The van der Waals surface area contributed by atoms with E-state index in [4.69, 9.17) is 14.2 Å². The van der Waals surface area contributed by atoms with Crippen LogP contribution in [0.1, 0.15) is 28.4 Å². The molecule has 110 valence electrons. The third kappa shape index (κ3) is 2.60. The summed E-state index contributed by atoms with van der Waals surface area (Å²) in [7, 11) is 3.19. The van der Waals surface area contributed by atoms with Crippen LogP contribution >= 0.6 is 0 Å². The van der Waals surface area contributed by atoms with E-state index in [0.29, 0.717) is 30.3 Å². The quantitative estimate of drug-likeness (QED) is 0.939. The van der Waals surface area contributed by atoms with Crippen molar-refractivity contribution in [2.75, 3.05) is 14.2 Å². The van der Waals surface area contributed by atoms with Crippen molar-refractivity contribution in [3.8, 4) is 11.5 Å². The van der Waals surface area contributed by atoms with Crippen molar-refractivity contribution in [1.82, 2.24) is 0 Å². The Bertz CT molecular complexity index is 651. The van der Waals surface area contributed by atoms with E-state index in [-0.39, 0.29) is 0 Å². The number of ether oxygens (including phenoxy) is 3. The summed E-state index contributed by atoms with van der Waals surface area (Å²) in [5, 5.41) is 10.7. The van der Waals surface area contributed by atoms with Gasteiger partial charge in [-0.25, -0.2) is 0 Å². The number of hydrogen-bond acceptors (Lipinski definition) is 4. The lowest BCUT2D eigenvalue weighted by atomic mass is 9.97. The number of fused-ring (bicyclic) bond motifs is 1. The van der Waals surface area contributed by atoms with Gasteiger partial charge in [-0.1, -0.05) is 18.2 Å². The monoisotopic (exact) mass is 286 g/mol. The van der Waals surface area contributed by atoms with E-state index in [1.54, 1.807) is 26.4 Å². The van der Waals surface area contributed by atoms with Crippen molar-refractivity contribution in [2.45, 2.75) is 19.3 Å². The zero-order valence-electron chi connectivity index (χ0n) is 12.1. The van der Waals surface area contributed by atoms with E-state index in [9.17, 15) is 5.11 Å². The maximum Gasteiger partial charge on any atom is 0.125 e. The molecule has 4 heteroatoms. The fourth-order valence-electron chi connectivity index (χ4n) is 2.59. The first-order chi connectivity index (χ1) is 10.2. The molecule has 0 bridgehead atoms. The van der Waals surface area contributed by atoms with Gasteiger partial charge in [0.2, 0.25) is 0 Å². The summed E-state index contributed by atoms with van der Waals surface area (Å²) in [5.74, 6) is 1.33. The summed E-state index contributed by atoms with van der Waals surface area (Å²) >= 11 is 0. The van der Waals surface area contributed by atoms with E-state index in [1.807, 2.05) is 24.3 Å². The Balaban J connectivity index is 1.99. The molecule has 2 aromatic carbocycles. The number of benzene rings is 2. The van der Waals surface area contributed by atoms with Gasteiger partial charge < -0.3 is 19.3 Å². The zero-order valence-corrected chi connectivity index (χ0v) is 12.1. The minimum atomic E-state index is -0.763. The van der Waals surface area contributed by atoms with E-state index < -0.39 is 6.10 Å². The predicted molar refractivity (Wildman–Crippen MR) is 78.5 cm³/mol. The SMILES string of the molecule is COc1ccc(OC)c(C(O)c2ccc3c(c2)COC3)c1. The van der Waals surface area contributed by atoms with Crippen LogP contribution in [0.5, 0.6) is 11.5 Å². The van der Waals surface area contributed by atoms with E-state index in [2.05, 4.69) is 0 Å². The smallest absolute Gasteiger partial charge is 0.125 e. The number of rotatable bonds is 4. The molecule has 3 rings (SSSR count). The fourth-order valence-corrected chi connectivity index (χ4v) is 2.59. The highest BCUT2D eigenvalue weighted by Crippen LogP contribution is 2.34. The topological polar surface area (TPSA) is 47.9 Å². The lowest BCUT2D eigenvalue weighted by molar-refractivity contribution is 0.134. The summed E-state index contributed by atoms with van der Waals surface area (Å²) in [4.78, 5) is 0. The van der Waals surface area contributed by atoms with Gasteiger partial charge in [-0.05, 0) is 34.9 Å². The fraction of sp³-hybridized carbons (Fsp3) is 0.294. The average molecular weight is 286 g/mol. The van der Waals surface area contributed by atoms with Crippen molar-refractivity contribution in [2.24, 2.45) is 0 Å². The minimum Gasteiger partial charge on any atom is -0.497 e. The molecule has 0 saturated heterocycles. The van der Waals surface area contributed by atoms with Crippen molar-refractivity contribution in [1.29, 1.82) is 0 Å². The largest absolute Gasteiger partial charge is 0.497 e. The Labute approximate surface area is 123 Å². The van der Waals surface area contributed by atoms with Crippen molar-refractivity contribution in [3.63, 3.8) is 0 Å². The molecular weight excluding hydrogens is 268 g/mol. The van der Waals surface area contributed by atoms with Crippen molar-refractivity contribution >= 4 is 0 Å². The summed E-state index contributed by atoms with van der Waals surface area (Å²) in [6.45, 7) is 1.25. The second kappa shape index (κ2) is 5.76. The summed E-state index contributed by atoms with van der Waals surface area (Å²) < 4.78 is 16.0. The molecule has 1 aliphatic rings. The van der Waals surface area contributed by atoms with Gasteiger partial charge >= 0.3 is 0 Å². The minimum absolute atomic E-state index is 0.602. The van der Waals surface area contributed by atoms with Gasteiger partial charge in [0.1, 0.15) is 17.6 Å². The molecule has 21 heavy (non-hydrogen) atoms. The Kier molecular flexibility index (Phi) is 3.82. The number of methoxy groups -OCH3 is 2. The molecule has 1 atom stereocenters. The predicted octanol–water partition coefficient (Wildman–Crippen LogP) is 2.82. The normalized spacial score (nSPS) is 14.6. The van der Waals surface area contributed by atoms with Crippen LogP contribution in [-0.4, -0.2) is 19.3 Å². The van der Waals surface area contributed by atoms with Gasteiger partial charge in [0.25, 0.3) is 0 Å².